The van der Waals surface area contributed by atoms with E-state index >= 15 is 0 Å². The minimum absolute atomic E-state index is 0.483. The van der Waals surface area contributed by atoms with Gasteiger partial charge in [-0.2, -0.15) is 12.6 Å². The molecule has 0 saturated heterocycles. The predicted molar refractivity (Wildman–Crippen MR) is 69.6 cm³/mol. The van der Waals surface area contributed by atoms with Crippen molar-refractivity contribution < 1.29 is 9.90 Å². The Bertz CT molecular complexity index is 218. The minimum Gasteiger partial charge on any atom is -0.480 e. The molecule has 0 heterocycles. The van der Waals surface area contributed by atoms with E-state index < -0.39 is 10.7 Å². The van der Waals surface area contributed by atoms with E-state index in [1.807, 2.05) is 13.8 Å². The van der Waals surface area contributed by atoms with Crippen molar-refractivity contribution in [2.24, 2.45) is 0 Å². The van der Waals surface area contributed by atoms with Crippen LogP contribution in [0.25, 0.3) is 0 Å². The van der Waals surface area contributed by atoms with E-state index in [1.54, 1.807) is 0 Å². The molecule has 5 heteroatoms. The van der Waals surface area contributed by atoms with Gasteiger partial charge in [-0.25, -0.2) is 0 Å². The molecule has 0 saturated carbocycles. The fourth-order valence-electron chi connectivity index (χ4n) is 0.972. The number of thioether (sulfide) groups is 1. The van der Waals surface area contributed by atoms with Crippen molar-refractivity contribution in [2.45, 2.75) is 37.9 Å². The molecule has 0 fully saturated rings. The number of thiol groups is 1. The van der Waals surface area contributed by atoms with Crippen LogP contribution in [0.2, 0.25) is 0 Å². The number of rotatable bonds is 6. The van der Waals surface area contributed by atoms with Crippen LogP contribution in [0.1, 0.15) is 33.1 Å². The van der Waals surface area contributed by atoms with Gasteiger partial charge in [-0.3, -0.25) is 4.79 Å². The minimum atomic E-state index is -1.13. The molecule has 0 aromatic carbocycles. The van der Waals surface area contributed by atoms with Gasteiger partial charge in [0.15, 0.2) is 4.75 Å². The number of carboxylic acids is 1. The van der Waals surface area contributed by atoms with Crippen LogP contribution < -0.4 is 0 Å². The lowest BCUT2D eigenvalue weighted by Crippen LogP contribution is -2.38. The van der Waals surface area contributed by atoms with Gasteiger partial charge in [-0.1, -0.05) is 32.5 Å². The molecular weight excluding hydrogens is 236 g/mol. The molecule has 2 nitrogen and oxygen atoms in total. The maximum atomic E-state index is 11.0. The third-order valence-electron chi connectivity index (χ3n) is 1.74. The van der Waals surface area contributed by atoms with Gasteiger partial charge in [-0.15, -0.1) is 11.8 Å². The molecule has 1 unspecified atom stereocenters. The maximum Gasteiger partial charge on any atom is 0.325 e. The smallest absolute Gasteiger partial charge is 0.325 e. The summed E-state index contributed by atoms with van der Waals surface area (Å²) in [6.07, 6.45) is 2.24. The van der Waals surface area contributed by atoms with Crippen molar-refractivity contribution >= 4 is 46.8 Å². The Balaban J connectivity index is 4.48. The molecule has 0 aliphatic heterocycles. The predicted octanol–water partition coefficient (Wildman–Crippen LogP) is 3.01. The van der Waals surface area contributed by atoms with Gasteiger partial charge < -0.3 is 5.11 Å². The second kappa shape index (κ2) is 6.69. The summed E-state index contributed by atoms with van der Waals surface area (Å²) in [4.78, 5) is 11.0. The number of hydrogen-bond acceptors (Lipinski definition) is 4. The zero-order chi connectivity index (χ0) is 11.2. The van der Waals surface area contributed by atoms with Crippen LogP contribution in [0.5, 0.6) is 0 Å². The highest BCUT2D eigenvalue weighted by Gasteiger charge is 2.38. The molecule has 0 aromatic heterocycles. The zero-order valence-corrected chi connectivity index (χ0v) is 11.0. The van der Waals surface area contributed by atoms with Crippen LogP contribution in [0.4, 0.5) is 0 Å². The molecule has 14 heavy (non-hydrogen) atoms. The molecule has 0 aliphatic rings. The van der Waals surface area contributed by atoms with Gasteiger partial charge >= 0.3 is 5.97 Å². The third kappa shape index (κ3) is 3.79. The quantitative estimate of drug-likeness (QED) is 0.563. The Morgan fingerprint density at radius 3 is 2.43 bits per heavy atom. The van der Waals surface area contributed by atoms with Crippen LogP contribution in [0.3, 0.4) is 0 Å². The summed E-state index contributed by atoms with van der Waals surface area (Å²) in [6.45, 7) is 3.97. The molecule has 0 radical (unpaired) electrons. The molecule has 0 bridgehead atoms. The average molecular weight is 252 g/mol. The fourth-order valence-corrected chi connectivity index (χ4v) is 2.65. The highest BCUT2D eigenvalue weighted by atomic mass is 32.2. The second-order valence-electron chi connectivity index (χ2n) is 3.05. The number of hydrogen-bond donors (Lipinski definition) is 2. The van der Waals surface area contributed by atoms with Crippen molar-refractivity contribution in [3.05, 3.63) is 0 Å². The number of aliphatic carboxylic acids is 1. The monoisotopic (exact) mass is 252 g/mol. The highest BCUT2D eigenvalue weighted by molar-refractivity contribution is 8.24. The van der Waals surface area contributed by atoms with Crippen molar-refractivity contribution in [2.75, 3.05) is 5.75 Å². The topological polar surface area (TPSA) is 37.3 Å². The standard InChI is InChI=1S/C9H16O2S3/c1-3-5-9(13,7(10)11)8(12)14-6-4-2/h13H,3-6H2,1-2H3,(H,10,11). The normalized spacial score (nSPS) is 14.8. The zero-order valence-electron chi connectivity index (χ0n) is 8.45. The molecule has 1 N–H and O–H groups in total. The van der Waals surface area contributed by atoms with Crippen molar-refractivity contribution in [3.8, 4) is 0 Å². The summed E-state index contributed by atoms with van der Waals surface area (Å²) in [6, 6.07) is 0. The lowest BCUT2D eigenvalue weighted by atomic mass is 10.1. The summed E-state index contributed by atoms with van der Waals surface area (Å²) in [7, 11) is 0. The Hall–Kier alpha value is 0.260. The van der Waals surface area contributed by atoms with Gasteiger partial charge in [0.1, 0.15) is 0 Å². The first-order valence-corrected chi connectivity index (χ1v) is 6.46. The van der Waals surface area contributed by atoms with Crippen LogP contribution in [-0.2, 0) is 4.79 Å². The van der Waals surface area contributed by atoms with Crippen molar-refractivity contribution in [1.82, 2.24) is 0 Å². The van der Waals surface area contributed by atoms with E-state index in [2.05, 4.69) is 12.6 Å². The first-order chi connectivity index (χ1) is 6.49. The molecule has 82 valence electrons. The SMILES string of the molecule is CCCSC(=S)C(S)(CCC)C(=O)O. The van der Waals surface area contributed by atoms with Gasteiger partial charge in [0, 0.05) is 0 Å². The van der Waals surface area contributed by atoms with E-state index in [0.29, 0.717) is 10.6 Å². The number of carboxylic acid groups (broad SMARTS) is 1. The average Bonchev–Trinajstić information content (AvgIpc) is 2.14. The lowest BCUT2D eigenvalue weighted by Gasteiger charge is -2.23. The summed E-state index contributed by atoms with van der Waals surface area (Å²) >= 11 is 10.7. The number of thiocarbonyl (C=S) groups is 1. The Morgan fingerprint density at radius 1 is 1.50 bits per heavy atom. The molecule has 1 atom stereocenters. The Morgan fingerprint density at radius 2 is 2.07 bits per heavy atom. The van der Waals surface area contributed by atoms with Crippen LogP contribution in [0.15, 0.2) is 0 Å². The largest absolute Gasteiger partial charge is 0.480 e. The molecular formula is C9H16O2S3. The summed E-state index contributed by atoms with van der Waals surface area (Å²) in [5.41, 5.74) is 0. The first kappa shape index (κ1) is 14.3. The summed E-state index contributed by atoms with van der Waals surface area (Å²) in [5.74, 6) is -0.0747. The summed E-state index contributed by atoms with van der Waals surface area (Å²) < 4.78 is -0.652. The molecule has 0 spiro atoms. The molecule has 0 aromatic rings. The van der Waals surface area contributed by atoms with Crippen LogP contribution >= 0.6 is 36.6 Å². The van der Waals surface area contributed by atoms with Gasteiger partial charge in [-0.05, 0) is 18.6 Å². The second-order valence-corrected chi connectivity index (χ2v) is 5.59. The van der Waals surface area contributed by atoms with E-state index in [1.165, 1.54) is 11.8 Å². The van der Waals surface area contributed by atoms with E-state index in [-0.39, 0.29) is 0 Å². The van der Waals surface area contributed by atoms with Crippen molar-refractivity contribution in [3.63, 3.8) is 0 Å². The molecule has 0 rings (SSSR count). The van der Waals surface area contributed by atoms with Crippen LogP contribution in [0, 0.1) is 0 Å². The summed E-state index contributed by atoms with van der Waals surface area (Å²) in [5, 5.41) is 9.06. The third-order valence-corrected chi connectivity index (χ3v) is 4.61. The van der Waals surface area contributed by atoms with E-state index in [9.17, 15) is 4.79 Å². The molecule has 0 aliphatic carbocycles. The maximum absolute atomic E-state index is 11.0. The van der Waals surface area contributed by atoms with Gasteiger partial charge in [0.25, 0.3) is 0 Å². The number of carbonyl (C=O) groups is 1. The van der Waals surface area contributed by atoms with Crippen molar-refractivity contribution in [1.29, 1.82) is 0 Å². The molecule has 0 amide bonds. The first-order valence-electron chi connectivity index (χ1n) is 4.62. The van der Waals surface area contributed by atoms with Gasteiger partial charge in [0.05, 0.1) is 4.20 Å². The van der Waals surface area contributed by atoms with Crippen LogP contribution in [-0.4, -0.2) is 25.8 Å². The highest BCUT2D eigenvalue weighted by Crippen LogP contribution is 2.30. The Labute approximate surface area is 100 Å². The van der Waals surface area contributed by atoms with E-state index in [4.69, 9.17) is 17.3 Å². The van der Waals surface area contributed by atoms with Gasteiger partial charge in [0.2, 0.25) is 0 Å². The van der Waals surface area contributed by atoms with E-state index in [0.717, 1.165) is 18.6 Å². The Kier molecular flexibility index (Phi) is 6.81. The lowest BCUT2D eigenvalue weighted by molar-refractivity contribution is -0.137. The fraction of sp³-hybridized carbons (Fsp3) is 0.778.